The molecular formula is C17H20FNO4S2. The first-order chi connectivity index (χ1) is 11.8. The maximum absolute atomic E-state index is 12.9. The molecule has 5 nitrogen and oxygen atoms in total. The topological polar surface area (TPSA) is 83.5 Å². The van der Waals surface area contributed by atoms with Crippen LogP contribution in [0.2, 0.25) is 0 Å². The maximum atomic E-state index is 12.9. The van der Waals surface area contributed by atoms with Crippen LogP contribution in [-0.2, 0) is 14.8 Å². The van der Waals surface area contributed by atoms with E-state index in [0.29, 0.717) is 24.8 Å². The fourth-order valence-electron chi connectivity index (χ4n) is 3.44. The molecule has 1 heterocycles. The van der Waals surface area contributed by atoms with Crippen molar-refractivity contribution in [3.05, 3.63) is 41.1 Å². The Balaban J connectivity index is 1.59. The van der Waals surface area contributed by atoms with Gasteiger partial charge in [0.15, 0.2) is 0 Å². The number of carboxylic acid groups (broad SMARTS) is 1. The first-order valence-corrected chi connectivity index (χ1v) is 10.6. The zero-order valence-electron chi connectivity index (χ0n) is 13.5. The van der Waals surface area contributed by atoms with Crippen molar-refractivity contribution < 1.29 is 22.7 Å². The second-order valence-electron chi connectivity index (χ2n) is 6.68. The first-order valence-electron chi connectivity index (χ1n) is 8.10. The Labute approximate surface area is 150 Å². The van der Waals surface area contributed by atoms with Gasteiger partial charge in [0.1, 0.15) is 5.82 Å². The summed E-state index contributed by atoms with van der Waals surface area (Å²) in [5, 5.41) is 10.1. The van der Waals surface area contributed by atoms with Crippen LogP contribution in [0.1, 0.15) is 31.2 Å². The highest BCUT2D eigenvalue weighted by molar-refractivity contribution is 8.00. The Morgan fingerprint density at radius 3 is 2.60 bits per heavy atom. The van der Waals surface area contributed by atoms with Crippen molar-refractivity contribution in [2.45, 2.75) is 36.5 Å². The second kappa shape index (κ2) is 7.09. The molecule has 2 N–H and O–H groups in total. The molecule has 1 saturated heterocycles. The van der Waals surface area contributed by atoms with Gasteiger partial charge in [0.2, 0.25) is 10.0 Å². The molecule has 1 aromatic carbocycles. The fourth-order valence-corrected chi connectivity index (χ4v) is 6.31. The summed E-state index contributed by atoms with van der Waals surface area (Å²) in [6.45, 7) is 0. The molecule has 3 rings (SSSR count). The Hall–Kier alpha value is -1.38. The highest BCUT2D eigenvalue weighted by atomic mass is 32.2. The number of aliphatic carboxylic acids is 1. The van der Waals surface area contributed by atoms with Gasteiger partial charge in [-0.3, -0.25) is 4.79 Å². The molecule has 0 radical (unpaired) electrons. The van der Waals surface area contributed by atoms with Crippen molar-refractivity contribution in [3.63, 3.8) is 0 Å². The van der Waals surface area contributed by atoms with Crippen molar-refractivity contribution in [1.82, 2.24) is 4.72 Å². The van der Waals surface area contributed by atoms with Crippen LogP contribution >= 0.6 is 11.8 Å². The Bertz CT molecular complexity index is 770. The Morgan fingerprint density at radius 2 is 1.96 bits per heavy atom. The molecule has 0 aromatic heterocycles. The van der Waals surface area contributed by atoms with Crippen LogP contribution in [0.3, 0.4) is 0 Å². The number of rotatable bonds is 5. The van der Waals surface area contributed by atoms with E-state index in [4.69, 9.17) is 5.11 Å². The van der Waals surface area contributed by atoms with E-state index in [1.807, 2.05) is 0 Å². The molecular weight excluding hydrogens is 365 g/mol. The van der Waals surface area contributed by atoms with Gasteiger partial charge in [-0.1, -0.05) is 12.1 Å². The third-order valence-corrected chi connectivity index (χ3v) is 7.43. The predicted octanol–water partition coefficient (Wildman–Crippen LogP) is 2.84. The SMILES string of the molecule is O=C(O)C1CC2(CC(NS(=O)(=O)/C=C/c3ccc(F)cc3)CCS2)C1. The summed E-state index contributed by atoms with van der Waals surface area (Å²) < 4.78 is 40.0. The van der Waals surface area contributed by atoms with Gasteiger partial charge in [-0.2, -0.15) is 11.8 Å². The standard InChI is InChI=1S/C17H20FNO4S2/c18-14-3-1-12(2-4-14)6-8-25(22,23)19-15-5-7-24-17(11-15)9-13(10-17)16(20)21/h1-4,6,8,13,15,19H,5,7,9-11H2,(H,20,21)/b8-6+. The smallest absolute Gasteiger partial charge is 0.306 e. The number of benzene rings is 1. The number of hydrogen-bond donors (Lipinski definition) is 2. The second-order valence-corrected chi connectivity index (χ2v) is 9.84. The molecule has 1 spiro atoms. The molecule has 1 aromatic rings. The number of carbonyl (C=O) groups is 1. The summed E-state index contributed by atoms with van der Waals surface area (Å²) in [7, 11) is -3.60. The van der Waals surface area contributed by atoms with Crippen LogP contribution in [0.4, 0.5) is 4.39 Å². The summed E-state index contributed by atoms with van der Waals surface area (Å²) in [6.07, 6.45) is 4.03. The maximum Gasteiger partial charge on any atom is 0.306 e. The molecule has 136 valence electrons. The van der Waals surface area contributed by atoms with Gasteiger partial charge in [0, 0.05) is 16.2 Å². The van der Waals surface area contributed by atoms with Crippen LogP contribution in [0, 0.1) is 11.7 Å². The average molecular weight is 385 g/mol. The lowest BCUT2D eigenvalue weighted by molar-refractivity contribution is -0.145. The number of thioether (sulfide) groups is 1. The van der Waals surface area contributed by atoms with Gasteiger partial charge in [-0.25, -0.2) is 17.5 Å². The molecule has 1 aliphatic carbocycles. The van der Waals surface area contributed by atoms with E-state index in [1.54, 1.807) is 11.8 Å². The quantitative estimate of drug-likeness (QED) is 0.814. The summed E-state index contributed by atoms with van der Waals surface area (Å²) in [5.41, 5.74) is 0.603. The van der Waals surface area contributed by atoms with Crippen molar-refractivity contribution in [2.24, 2.45) is 5.92 Å². The van der Waals surface area contributed by atoms with E-state index in [2.05, 4.69) is 4.72 Å². The molecule has 1 saturated carbocycles. The number of nitrogens with one attached hydrogen (secondary N) is 1. The molecule has 0 amide bonds. The van der Waals surface area contributed by atoms with Crippen LogP contribution < -0.4 is 4.72 Å². The fraction of sp³-hybridized carbons (Fsp3) is 0.471. The van der Waals surface area contributed by atoms with Crippen molar-refractivity contribution in [3.8, 4) is 0 Å². The van der Waals surface area contributed by atoms with E-state index in [0.717, 1.165) is 17.6 Å². The number of carboxylic acids is 1. The molecule has 1 unspecified atom stereocenters. The van der Waals surface area contributed by atoms with E-state index in [1.165, 1.54) is 30.3 Å². The monoisotopic (exact) mass is 385 g/mol. The summed E-state index contributed by atoms with van der Waals surface area (Å²) >= 11 is 1.76. The highest BCUT2D eigenvalue weighted by Crippen LogP contribution is 2.53. The zero-order chi connectivity index (χ0) is 18.1. The van der Waals surface area contributed by atoms with Gasteiger partial charge in [-0.05, 0) is 55.2 Å². The molecule has 0 bridgehead atoms. The van der Waals surface area contributed by atoms with Crippen molar-refractivity contribution in [1.29, 1.82) is 0 Å². The van der Waals surface area contributed by atoms with Crippen molar-refractivity contribution >= 4 is 33.8 Å². The Kier molecular flexibility index (Phi) is 5.22. The van der Waals surface area contributed by atoms with Gasteiger partial charge in [0.05, 0.1) is 5.92 Å². The minimum absolute atomic E-state index is 0.102. The molecule has 2 fully saturated rings. The summed E-state index contributed by atoms with van der Waals surface area (Å²) in [6, 6.07) is 5.38. The molecule has 8 heteroatoms. The van der Waals surface area contributed by atoms with Crippen LogP contribution in [0.5, 0.6) is 0 Å². The van der Waals surface area contributed by atoms with E-state index in [-0.39, 0.29) is 22.5 Å². The summed E-state index contributed by atoms with van der Waals surface area (Å²) in [5.74, 6) is -0.623. The third-order valence-electron chi connectivity index (χ3n) is 4.72. The number of sulfonamides is 1. The van der Waals surface area contributed by atoms with E-state index >= 15 is 0 Å². The largest absolute Gasteiger partial charge is 0.481 e. The van der Waals surface area contributed by atoms with Gasteiger partial charge >= 0.3 is 5.97 Å². The van der Waals surface area contributed by atoms with E-state index < -0.39 is 16.0 Å². The van der Waals surface area contributed by atoms with Crippen LogP contribution in [-0.4, -0.2) is 36.0 Å². The van der Waals surface area contributed by atoms with Gasteiger partial charge in [-0.15, -0.1) is 0 Å². The normalized spacial score (nSPS) is 29.6. The van der Waals surface area contributed by atoms with Gasteiger partial charge in [0.25, 0.3) is 0 Å². The zero-order valence-corrected chi connectivity index (χ0v) is 15.2. The van der Waals surface area contributed by atoms with Crippen LogP contribution in [0.25, 0.3) is 6.08 Å². The van der Waals surface area contributed by atoms with Gasteiger partial charge < -0.3 is 5.11 Å². The summed E-state index contributed by atoms with van der Waals surface area (Å²) in [4.78, 5) is 11.0. The molecule has 1 atom stereocenters. The first kappa shape index (κ1) is 18.4. The average Bonchev–Trinajstić information content (AvgIpc) is 2.51. The highest BCUT2D eigenvalue weighted by Gasteiger charge is 2.50. The predicted molar refractivity (Wildman–Crippen MR) is 96.1 cm³/mol. The minimum atomic E-state index is -3.60. The van der Waals surface area contributed by atoms with E-state index in [9.17, 15) is 17.6 Å². The Morgan fingerprint density at radius 1 is 1.28 bits per heavy atom. The molecule has 1 aliphatic heterocycles. The lowest BCUT2D eigenvalue weighted by Crippen LogP contribution is -2.52. The lowest BCUT2D eigenvalue weighted by atomic mass is 9.70. The lowest BCUT2D eigenvalue weighted by Gasteiger charge is -2.49. The van der Waals surface area contributed by atoms with Crippen molar-refractivity contribution in [2.75, 3.05) is 5.75 Å². The molecule has 2 aliphatic rings. The minimum Gasteiger partial charge on any atom is -0.481 e. The number of halogens is 1. The van der Waals surface area contributed by atoms with Crippen LogP contribution in [0.15, 0.2) is 29.7 Å². The number of hydrogen-bond acceptors (Lipinski definition) is 4. The molecule has 25 heavy (non-hydrogen) atoms. The third kappa shape index (κ3) is 4.62.